The summed E-state index contributed by atoms with van der Waals surface area (Å²) in [4.78, 5) is 0. The Morgan fingerprint density at radius 2 is 1.79 bits per heavy atom. The van der Waals surface area contributed by atoms with Crippen LogP contribution in [0.4, 0.5) is 0 Å². The SMILES string of the molecule is CCC1=CC(C)=C(C2(c3ccccc3)C(=[SiH2])C=CC=C3C(C)=C(C(C)C)[C]([Hf]([Cl])[Cl])=C32)C1C. The number of hydrogen-bond acceptors (Lipinski definition) is 0. The molecule has 0 bridgehead atoms. The van der Waals surface area contributed by atoms with Crippen LogP contribution in [0.5, 0.6) is 0 Å². The summed E-state index contributed by atoms with van der Waals surface area (Å²) in [7, 11) is 16.2. The van der Waals surface area contributed by atoms with E-state index in [0.717, 1.165) is 6.42 Å². The van der Waals surface area contributed by atoms with Gasteiger partial charge in [0.2, 0.25) is 0 Å². The summed E-state index contributed by atoms with van der Waals surface area (Å²) in [6, 6.07) is 11.1. The van der Waals surface area contributed by atoms with Gasteiger partial charge >= 0.3 is 219 Å². The van der Waals surface area contributed by atoms with Crippen LogP contribution in [0.3, 0.4) is 0 Å². The Morgan fingerprint density at radius 1 is 1.12 bits per heavy atom. The Labute approximate surface area is 217 Å². The van der Waals surface area contributed by atoms with Crippen molar-refractivity contribution < 1.29 is 19.1 Å². The van der Waals surface area contributed by atoms with E-state index in [1.165, 1.54) is 53.1 Å². The molecule has 0 radical (unpaired) electrons. The van der Waals surface area contributed by atoms with Crippen molar-refractivity contribution in [1.82, 2.24) is 0 Å². The predicted octanol–water partition coefficient (Wildman–Crippen LogP) is 7.69. The van der Waals surface area contributed by atoms with Crippen LogP contribution in [-0.4, -0.2) is 15.0 Å². The number of halogens is 2. The molecule has 0 amide bonds. The second-order valence-corrected chi connectivity index (χ2v) is 21.9. The molecule has 0 saturated heterocycles. The molecule has 1 aromatic carbocycles. The molecule has 171 valence electrons. The zero-order valence-electron chi connectivity index (χ0n) is 20.5. The quantitative estimate of drug-likeness (QED) is 0.285. The topological polar surface area (TPSA) is 0 Å². The van der Waals surface area contributed by atoms with Crippen LogP contribution in [0.15, 0.2) is 97.0 Å². The maximum absolute atomic E-state index is 7.06. The molecule has 3 aliphatic rings. The van der Waals surface area contributed by atoms with Gasteiger partial charge in [-0.1, -0.05) is 0 Å². The van der Waals surface area contributed by atoms with E-state index in [1.807, 2.05) is 9.85 Å². The Bertz CT molecular complexity index is 1190. The van der Waals surface area contributed by atoms with E-state index in [4.69, 9.17) is 17.2 Å². The molecule has 4 rings (SSSR count). The van der Waals surface area contributed by atoms with E-state index in [1.54, 1.807) is 0 Å². The first-order valence-corrected chi connectivity index (χ1v) is 23.3. The molecule has 1 aromatic rings. The number of rotatable bonds is 5. The molecule has 0 aromatic heterocycles. The molecule has 0 nitrogen and oxygen atoms in total. The summed E-state index contributed by atoms with van der Waals surface area (Å²) in [5, 5.41) is 1.37. The average Bonchev–Trinajstić information content (AvgIpc) is 3.18. The van der Waals surface area contributed by atoms with E-state index in [2.05, 4.69) is 96.2 Å². The molecule has 4 heteroatoms. The fourth-order valence-corrected chi connectivity index (χ4v) is 14.6. The monoisotopic (exact) mass is 659 g/mol. The summed E-state index contributed by atoms with van der Waals surface area (Å²) in [5.41, 5.74) is 10.8. The van der Waals surface area contributed by atoms with E-state index in [0.29, 0.717) is 11.8 Å². The summed E-state index contributed by atoms with van der Waals surface area (Å²) in [5.74, 6) is 0.762. The average molecular weight is 659 g/mol. The van der Waals surface area contributed by atoms with Gasteiger partial charge in [0.25, 0.3) is 0 Å². The molecule has 0 saturated carbocycles. The van der Waals surface area contributed by atoms with E-state index < -0.39 is 19.1 Å². The molecule has 2 atom stereocenters. The van der Waals surface area contributed by atoms with Crippen LogP contribution in [-0.2, 0) is 24.5 Å². The second-order valence-electron chi connectivity index (χ2n) is 9.68. The van der Waals surface area contributed by atoms with Crippen molar-refractivity contribution in [2.45, 2.75) is 53.4 Å². The third-order valence-electron chi connectivity index (χ3n) is 7.61. The molecule has 3 aliphatic carbocycles. The van der Waals surface area contributed by atoms with Crippen LogP contribution in [0, 0.1) is 11.8 Å². The summed E-state index contributed by atoms with van der Waals surface area (Å²) in [6.45, 7) is 13.8. The zero-order valence-corrected chi connectivity index (χ0v) is 27.0. The van der Waals surface area contributed by atoms with E-state index >= 15 is 0 Å². The molecular weight excluding hydrogens is 626 g/mol. The Balaban J connectivity index is 2.20. The van der Waals surface area contributed by atoms with Gasteiger partial charge in [-0.3, -0.25) is 0 Å². The van der Waals surface area contributed by atoms with E-state index in [-0.39, 0.29) is 5.41 Å². The first-order chi connectivity index (χ1) is 15.7. The summed E-state index contributed by atoms with van der Waals surface area (Å²) < 4.78 is 1.32. The van der Waals surface area contributed by atoms with Crippen LogP contribution < -0.4 is 0 Å². The van der Waals surface area contributed by atoms with Crippen LogP contribution in [0.25, 0.3) is 0 Å². The molecule has 0 N–H and O–H groups in total. The van der Waals surface area contributed by atoms with Gasteiger partial charge in [0.15, 0.2) is 0 Å². The van der Waals surface area contributed by atoms with Crippen molar-refractivity contribution in [2.24, 2.45) is 11.8 Å². The minimum atomic E-state index is -3.03. The molecule has 0 heterocycles. The molecular formula is C29H33Cl2HfSi. The Hall–Kier alpha value is -0.803. The van der Waals surface area contributed by atoms with Gasteiger partial charge in [-0.05, 0) is 0 Å². The number of hydrogen-bond donors (Lipinski definition) is 0. The van der Waals surface area contributed by atoms with Gasteiger partial charge in [0.1, 0.15) is 0 Å². The van der Waals surface area contributed by atoms with Crippen molar-refractivity contribution in [2.75, 3.05) is 0 Å². The number of benzene rings is 1. The fourth-order valence-electron chi connectivity index (χ4n) is 6.37. The maximum atomic E-state index is 7.06. The number of allylic oxidation sites excluding steroid dienone is 12. The first kappa shape index (κ1) is 25.3. The van der Waals surface area contributed by atoms with E-state index in [9.17, 15) is 0 Å². The van der Waals surface area contributed by atoms with Crippen molar-refractivity contribution in [3.63, 3.8) is 0 Å². The third kappa shape index (κ3) is 3.84. The summed E-state index contributed by atoms with van der Waals surface area (Å²) >= 11 is -3.03. The van der Waals surface area contributed by atoms with Crippen molar-refractivity contribution in [3.8, 4) is 0 Å². The van der Waals surface area contributed by atoms with Gasteiger partial charge in [-0.15, -0.1) is 0 Å². The van der Waals surface area contributed by atoms with Gasteiger partial charge < -0.3 is 0 Å². The number of fused-ring (bicyclic) bond motifs is 1. The molecule has 0 fully saturated rings. The van der Waals surface area contributed by atoms with Crippen LogP contribution in [0.1, 0.15) is 53.5 Å². The van der Waals surface area contributed by atoms with Crippen molar-refractivity contribution in [1.29, 1.82) is 0 Å². The Kier molecular flexibility index (Phi) is 7.42. The second kappa shape index (κ2) is 9.68. The minimum absolute atomic E-state index is 0.359. The fraction of sp³-hybridized carbons (Fsp3) is 0.345. The zero-order chi connectivity index (χ0) is 24.1. The predicted molar refractivity (Wildman–Crippen MR) is 145 cm³/mol. The molecule has 0 aliphatic heterocycles. The van der Waals surface area contributed by atoms with Gasteiger partial charge in [-0.25, -0.2) is 0 Å². The van der Waals surface area contributed by atoms with Gasteiger partial charge in [-0.2, -0.15) is 0 Å². The molecule has 2 unspecified atom stereocenters. The Morgan fingerprint density at radius 3 is 2.33 bits per heavy atom. The summed E-state index contributed by atoms with van der Waals surface area (Å²) in [6.07, 6.45) is 10.4. The normalized spacial score (nSPS) is 25.1. The van der Waals surface area contributed by atoms with Crippen LogP contribution in [0.2, 0.25) is 0 Å². The molecule has 33 heavy (non-hydrogen) atoms. The van der Waals surface area contributed by atoms with Gasteiger partial charge in [0.05, 0.1) is 0 Å². The molecule has 0 spiro atoms. The van der Waals surface area contributed by atoms with Crippen LogP contribution >= 0.6 is 17.2 Å². The standard InChI is InChI=1S/C29H33Si.2ClH.Hf/c1-7-22-16-19(4)28(20(22)5)29(23-12-9-8-10-13-23)26-17-25(18(2)3)21(6)24(26)14-11-15-27(29)30;;;/h8-16,18,20H,7,30H2,1-6H3;2*1H;/q;;;+2/p-2. The third-order valence-corrected chi connectivity index (χ3v) is 14.7. The first-order valence-electron chi connectivity index (χ1n) is 11.9. The van der Waals surface area contributed by atoms with Crippen molar-refractivity contribution >= 4 is 32.2 Å². The van der Waals surface area contributed by atoms with Gasteiger partial charge in [0, 0.05) is 0 Å². The van der Waals surface area contributed by atoms with Crippen molar-refractivity contribution in [3.05, 3.63) is 103 Å².